The van der Waals surface area contributed by atoms with Gasteiger partial charge in [0.1, 0.15) is 4.88 Å². The summed E-state index contributed by atoms with van der Waals surface area (Å²) in [6.07, 6.45) is 3.27. The summed E-state index contributed by atoms with van der Waals surface area (Å²) < 4.78 is 5.53. The van der Waals surface area contributed by atoms with Crippen molar-refractivity contribution < 1.29 is 9.53 Å². The summed E-state index contributed by atoms with van der Waals surface area (Å²) >= 11 is 1.45. The van der Waals surface area contributed by atoms with Crippen LogP contribution in [0.4, 0.5) is 0 Å². The maximum atomic E-state index is 12.5. The Balaban J connectivity index is 1.55. The lowest BCUT2D eigenvalue weighted by molar-refractivity contribution is 0.0612. The first-order chi connectivity index (χ1) is 10.3. The summed E-state index contributed by atoms with van der Waals surface area (Å²) in [4.78, 5) is 22.0. The molecule has 6 heteroatoms. The van der Waals surface area contributed by atoms with Crippen molar-refractivity contribution in [3.8, 4) is 0 Å². The number of carbonyl (C=O) groups is 1. The van der Waals surface area contributed by atoms with E-state index in [1.54, 1.807) is 5.51 Å². The molecule has 0 N–H and O–H groups in total. The van der Waals surface area contributed by atoms with E-state index in [0.717, 1.165) is 69.2 Å². The van der Waals surface area contributed by atoms with Crippen molar-refractivity contribution in [2.24, 2.45) is 0 Å². The molecule has 2 aliphatic heterocycles. The Kier molecular flexibility index (Phi) is 4.87. The van der Waals surface area contributed by atoms with Gasteiger partial charge in [0.25, 0.3) is 5.91 Å². The molecule has 1 amide bonds. The van der Waals surface area contributed by atoms with Gasteiger partial charge >= 0.3 is 0 Å². The van der Waals surface area contributed by atoms with Gasteiger partial charge in [-0.05, 0) is 26.2 Å². The fourth-order valence-electron chi connectivity index (χ4n) is 3.22. The van der Waals surface area contributed by atoms with Crippen LogP contribution in [-0.4, -0.2) is 66.1 Å². The maximum Gasteiger partial charge on any atom is 0.265 e. The average Bonchev–Trinajstić information content (AvgIpc) is 2.78. The Morgan fingerprint density at radius 1 is 1.29 bits per heavy atom. The van der Waals surface area contributed by atoms with Crippen molar-refractivity contribution in [3.05, 3.63) is 16.1 Å². The van der Waals surface area contributed by atoms with E-state index in [-0.39, 0.29) is 5.91 Å². The lowest BCUT2D eigenvalue weighted by atomic mass is 10.0. The van der Waals surface area contributed by atoms with Gasteiger partial charge in [-0.1, -0.05) is 0 Å². The average molecular weight is 309 g/mol. The van der Waals surface area contributed by atoms with Crippen LogP contribution in [0.5, 0.6) is 0 Å². The first-order valence-corrected chi connectivity index (χ1v) is 8.65. The second kappa shape index (κ2) is 6.85. The topological polar surface area (TPSA) is 45.7 Å². The molecule has 1 aromatic heterocycles. The van der Waals surface area contributed by atoms with E-state index in [9.17, 15) is 4.79 Å². The summed E-state index contributed by atoms with van der Waals surface area (Å²) in [5, 5.41) is 0. The fourth-order valence-corrected chi connectivity index (χ4v) is 3.98. The zero-order valence-electron chi connectivity index (χ0n) is 12.6. The number of aromatic nitrogens is 1. The Labute approximate surface area is 129 Å². The van der Waals surface area contributed by atoms with Gasteiger partial charge in [-0.15, -0.1) is 11.3 Å². The van der Waals surface area contributed by atoms with Crippen LogP contribution in [0.1, 0.15) is 34.6 Å². The molecule has 1 aromatic rings. The molecule has 116 valence electrons. The molecule has 0 aliphatic carbocycles. The highest BCUT2D eigenvalue weighted by Crippen LogP contribution is 2.22. The van der Waals surface area contributed by atoms with Crippen molar-refractivity contribution in [2.75, 3.05) is 39.4 Å². The second-order valence-electron chi connectivity index (χ2n) is 5.79. The van der Waals surface area contributed by atoms with Crippen LogP contribution in [0.2, 0.25) is 0 Å². The molecule has 2 saturated heterocycles. The SMILES string of the molecule is Cc1ncsc1C(=O)N1CCC(N2CCCOCC2)CC1. The van der Waals surface area contributed by atoms with Gasteiger partial charge in [0, 0.05) is 38.8 Å². The van der Waals surface area contributed by atoms with E-state index in [2.05, 4.69) is 9.88 Å². The third-order valence-electron chi connectivity index (χ3n) is 4.46. The van der Waals surface area contributed by atoms with E-state index in [0.29, 0.717) is 6.04 Å². The minimum absolute atomic E-state index is 0.160. The molecule has 2 fully saturated rings. The normalized spacial score (nSPS) is 22.2. The largest absolute Gasteiger partial charge is 0.380 e. The van der Waals surface area contributed by atoms with Crippen molar-refractivity contribution in [1.29, 1.82) is 0 Å². The molecule has 3 rings (SSSR count). The lowest BCUT2D eigenvalue weighted by Crippen LogP contribution is -2.47. The minimum atomic E-state index is 0.160. The zero-order chi connectivity index (χ0) is 14.7. The molecule has 5 nitrogen and oxygen atoms in total. The molecule has 21 heavy (non-hydrogen) atoms. The summed E-state index contributed by atoms with van der Waals surface area (Å²) in [6, 6.07) is 0.610. The zero-order valence-corrected chi connectivity index (χ0v) is 13.4. The molecule has 0 atom stereocenters. The smallest absolute Gasteiger partial charge is 0.265 e. The predicted molar refractivity (Wildman–Crippen MR) is 82.8 cm³/mol. The molecule has 0 saturated carbocycles. The number of nitrogens with zero attached hydrogens (tertiary/aromatic N) is 3. The van der Waals surface area contributed by atoms with Crippen LogP contribution in [-0.2, 0) is 4.74 Å². The number of amides is 1. The van der Waals surface area contributed by atoms with Gasteiger partial charge in [0.2, 0.25) is 0 Å². The van der Waals surface area contributed by atoms with E-state index in [1.165, 1.54) is 11.3 Å². The van der Waals surface area contributed by atoms with Gasteiger partial charge < -0.3 is 9.64 Å². The van der Waals surface area contributed by atoms with Crippen molar-refractivity contribution in [3.63, 3.8) is 0 Å². The molecule has 0 radical (unpaired) electrons. The van der Waals surface area contributed by atoms with Gasteiger partial charge in [0.15, 0.2) is 0 Å². The van der Waals surface area contributed by atoms with Gasteiger partial charge in [-0.2, -0.15) is 0 Å². The number of piperidine rings is 1. The van der Waals surface area contributed by atoms with Crippen molar-refractivity contribution in [2.45, 2.75) is 32.2 Å². The summed E-state index contributed by atoms with van der Waals surface area (Å²) in [6.45, 7) is 7.53. The van der Waals surface area contributed by atoms with E-state index in [4.69, 9.17) is 4.74 Å². The number of hydrogen-bond donors (Lipinski definition) is 0. The molecule has 0 spiro atoms. The number of likely N-dealkylation sites (tertiary alicyclic amines) is 1. The third-order valence-corrected chi connectivity index (χ3v) is 5.38. The Bertz CT molecular complexity index is 475. The van der Waals surface area contributed by atoms with Gasteiger partial charge in [-0.3, -0.25) is 9.69 Å². The molecule has 0 unspecified atom stereocenters. The Morgan fingerprint density at radius 2 is 2.10 bits per heavy atom. The van der Waals surface area contributed by atoms with Crippen LogP contribution in [0.15, 0.2) is 5.51 Å². The number of ether oxygens (including phenoxy) is 1. The first kappa shape index (κ1) is 14.9. The number of hydrogen-bond acceptors (Lipinski definition) is 5. The maximum absolute atomic E-state index is 12.5. The summed E-state index contributed by atoms with van der Waals surface area (Å²) in [5.74, 6) is 0.160. The number of thiazole rings is 1. The highest BCUT2D eigenvalue weighted by molar-refractivity contribution is 7.11. The highest BCUT2D eigenvalue weighted by atomic mass is 32.1. The predicted octanol–water partition coefficient (Wildman–Crippen LogP) is 1.78. The van der Waals surface area contributed by atoms with Crippen molar-refractivity contribution >= 4 is 17.2 Å². The monoisotopic (exact) mass is 309 g/mol. The van der Waals surface area contributed by atoms with Crippen LogP contribution >= 0.6 is 11.3 Å². The number of carbonyl (C=O) groups excluding carboxylic acids is 1. The van der Waals surface area contributed by atoms with Crippen LogP contribution in [0.3, 0.4) is 0 Å². The summed E-state index contributed by atoms with van der Waals surface area (Å²) in [7, 11) is 0. The highest BCUT2D eigenvalue weighted by Gasteiger charge is 2.28. The van der Waals surface area contributed by atoms with Gasteiger partial charge in [0.05, 0.1) is 17.8 Å². The van der Waals surface area contributed by atoms with Crippen LogP contribution < -0.4 is 0 Å². The quantitative estimate of drug-likeness (QED) is 0.835. The number of aryl methyl sites for hydroxylation is 1. The molecule has 0 bridgehead atoms. The fraction of sp³-hybridized carbons (Fsp3) is 0.733. The minimum Gasteiger partial charge on any atom is -0.380 e. The van der Waals surface area contributed by atoms with E-state index in [1.807, 2.05) is 11.8 Å². The number of rotatable bonds is 2. The lowest BCUT2D eigenvalue weighted by Gasteiger charge is -2.37. The molecular weight excluding hydrogens is 286 g/mol. The molecule has 2 aliphatic rings. The molecule has 3 heterocycles. The van der Waals surface area contributed by atoms with Crippen LogP contribution in [0.25, 0.3) is 0 Å². The van der Waals surface area contributed by atoms with Crippen molar-refractivity contribution in [1.82, 2.24) is 14.8 Å². The van der Waals surface area contributed by atoms with E-state index >= 15 is 0 Å². The van der Waals surface area contributed by atoms with Gasteiger partial charge in [-0.25, -0.2) is 4.98 Å². The first-order valence-electron chi connectivity index (χ1n) is 7.77. The molecular formula is C15H23N3O2S. The van der Waals surface area contributed by atoms with E-state index < -0.39 is 0 Å². The summed E-state index contributed by atoms with van der Waals surface area (Å²) in [5.41, 5.74) is 2.61. The second-order valence-corrected chi connectivity index (χ2v) is 6.65. The van der Waals surface area contributed by atoms with Crippen LogP contribution in [0, 0.1) is 6.92 Å². The third kappa shape index (κ3) is 3.44. The standard InChI is InChI=1S/C15H23N3O2S/c1-12-14(21-11-16-12)15(19)18-6-3-13(4-7-18)17-5-2-9-20-10-8-17/h11,13H,2-10H2,1H3. The molecule has 0 aromatic carbocycles. The Morgan fingerprint density at radius 3 is 2.81 bits per heavy atom. The Hall–Kier alpha value is -0.980.